The van der Waals surface area contributed by atoms with Crippen LogP contribution in [0.3, 0.4) is 0 Å². The molecule has 2 nitrogen and oxygen atoms in total. The van der Waals surface area contributed by atoms with E-state index in [1.165, 1.54) is 146 Å². The van der Waals surface area contributed by atoms with Crippen LogP contribution in [0, 0.1) is 0 Å². The van der Waals surface area contributed by atoms with E-state index in [9.17, 15) is 0 Å². The third kappa shape index (κ3) is 14.2. The van der Waals surface area contributed by atoms with Crippen LogP contribution in [0.15, 0.2) is 42.7 Å². The van der Waals surface area contributed by atoms with E-state index in [4.69, 9.17) is 0 Å². The van der Waals surface area contributed by atoms with Crippen LogP contribution < -0.4 is 4.57 Å². The molecule has 0 unspecified atom stereocenters. The lowest BCUT2D eigenvalue weighted by molar-refractivity contribution is -0.704. The Bertz CT molecular complexity index is 720. The molecule has 0 saturated carbocycles. The summed E-state index contributed by atoms with van der Waals surface area (Å²) in [6.07, 6.45) is 33.6. The molecular weight excluding hydrogens is 436 g/mol. The van der Waals surface area contributed by atoms with Crippen LogP contribution in [0.4, 0.5) is 0 Å². The van der Waals surface area contributed by atoms with E-state index in [-0.39, 0.29) is 0 Å². The van der Waals surface area contributed by atoms with E-state index in [1.807, 2.05) is 0 Å². The fraction of sp³-hybridized carbons (Fsp3) is 0.735. The number of aromatic amines is 1. The van der Waals surface area contributed by atoms with Gasteiger partial charge in [-0.25, -0.2) is 9.55 Å². The monoisotopic (exact) mass is 495 g/mol. The quantitative estimate of drug-likeness (QED) is 0.110. The molecule has 0 spiro atoms. The van der Waals surface area contributed by atoms with Gasteiger partial charge in [-0.3, -0.25) is 0 Å². The first-order valence-corrected chi connectivity index (χ1v) is 16.0. The Morgan fingerprint density at radius 3 is 1.64 bits per heavy atom. The van der Waals surface area contributed by atoms with Crippen LogP contribution in [-0.2, 0) is 13.0 Å². The number of rotatable bonds is 24. The molecule has 1 N–H and O–H groups in total. The third-order valence-corrected chi connectivity index (χ3v) is 7.95. The van der Waals surface area contributed by atoms with Gasteiger partial charge in [0.1, 0.15) is 12.4 Å². The number of aromatic nitrogens is 2. The number of imidazole rings is 1. The van der Waals surface area contributed by atoms with Crippen molar-refractivity contribution in [2.45, 2.75) is 161 Å². The predicted molar refractivity (Wildman–Crippen MR) is 158 cm³/mol. The lowest BCUT2D eigenvalue weighted by atomic mass is 9.93. The van der Waals surface area contributed by atoms with Gasteiger partial charge in [0, 0.05) is 0 Å². The second-order valence-electron chi connectivity index (χ2n) is 11.2. The standard InChI is InChI=1S/C34H58N2/c1-3-5-7-9-11-12-13-15-17-22-28-33(27-21-16-14-10-8-6-4-2)34-35-29-31-36(34)30-23-26-32-24-19-18-20-25-32/h18-20,24-25,29,31,33H,3-17,21-23,26-28,30H2,1-2H3/p+1/t33-/m0/s1. The number of aryl methyl sites for hydroxylation is 2. The molecule has 2 rings (SSSR count). The van der Waals surface area contributed by atoms with Crippen molar-refractivity contribution in [3.63, 3.8) is 0 Å². The molecule has 0 aliphatic carbocycles. The molecule has 0 saturated heterocycles. The molecule has 0 aliphatic rings. The van der Waals surface area contributed by atoms with Crippen molar-refractivity contribution in [1.29, 1.82) is 0 Å². The molecule has 1 aromatic carbocycles. The van der Waals surface area contributed by atoms with E-state index < -0.39 is 0 Å². The molecule has 1 aromatic heterocycles. The maximum atomic E-state index is 3.67. The molecule has 36 heavy (non-hydrogen) atoms. The van der Waals surface area contributed by atoms with Crippen LogP contribution in [0.5, 0.6) is 0 Å². The second-order valence-corrected chi connectivity index (χ2v) is 11.2. The zero-order valence-corrected chi connectivity index (χ0v) is 24.1. The van der Waals surface area contributed by atoms with Crippen LogP contribution in [0.2, 0.25) is 0 Å². The van der Waals surface area contributed by atoms with Gasteiger partial charge in [0.25, 0.3) is 5.82 Å². The van der Waals surface area contributed by atoms with Crippen molar-refractivity contribution in [2.75, 3.05) is 0 Å². The minimum Gasteiger partial charge on any atom is -0.247 e. The molecule has 1 atom stereocenters. The molecular formula is C34H59N2+. The van der Waals surface area contributed by atoms with Gasteiger partial charge in [-0.05, 0) is 31.2 Å². The topological polar surface area (TPSA) is 19.7 Å². The van der Waals surface area contributed by atoms with Crippen LogP contribution in [-0.4, -0.2) is 4.98 Å². The first kappa shape index (κ1) is 30.7. The van der Waals surface area contributed by atoms with Gasteiger partial charge >= 0.3 is 0 Å². The maximum Gasteiger partial charge on any atom is 0.257 e. The van der Waals surface area contributed by atoms with Crippen LogP contribution in [0.25, 0.3) is 0 Å². The van der Waals surface area contributed by atoms with Gasteiger partial charge in [-0.15, -0.1) is 0 Å². The Balaban J connectivity index is 1.75. The van der Waals surface area contributed by atoms with E-state index >= 15 is 0 Å². The van der Waals surface area contributed by atoms with Gasteiger partial charge in [0.2, 0.25) is 0 Å². The molecule has 2 aromatic rings. The van der Waals surface area contributed by atoms with Crippen molar-refractivity contribution >= 4 is 0 Å². The molecule has 0 aliphatic heterocycles. The van der Waals surface area contributed by atoms with E-state index in [0.29, 0.717) is 5.92 Å². The summed E-state index contributed by atoms with van der Waals surface area (Å²) in [5, 5.41) is 0. The zero-order chi connectivity index (χ0) is 25.5. The van der Waals surface area contributed by atoms with Crippen LogP contribution in [0.1, 0.15) is 160 Å². The van der Waals surface area contributed by atoms with Crippen LogP contribution >= 0.6 is 0 Å². The van der Waals surface area contributed by atoms with E-state index in [2.05, 4.69) is 66.1 Å². The summed E-state index contributed by atoms with van der Waals surface area (Å²) in [6.45, 7) is 5.74. The number of H-pyrrole nitrogens is 1. The Morgan fingerprint density at radius 2 is 1.11 bits per heavy atom. The largest absolute Gasteiger partial charge is 0.257 e. The first-order chi connectivity index (χ1) is 17.8. The molecule has 0 radical (unpaired) electrons. The normalized spacial score (nSPS) is 12.3. The fourth-order valence-corrected chi connectivity index (χ4v) is 5.67. The summed E-state index contributed by atoms with van der Waals surface area (Å²) in [4.78, 5) is 3.67. The highest BCUT2D eigenvalue weighted by atomic mass is 15.1. The van der Waals surface area contributed by atoms with Gasteiger partial charge in [-0.2, -0.15) is 0 Å². The summed E-state index contributed by atoms with van der Waals surface area (Å²) >= 11 is 0. The Hall–Kier alpha value is -1.57. The summed E-state index contributed by atoms with van der Waals surface area (Å²) in [5.41, 5.74) is 1.46. The molecule has 0 bridgehead atoms. The van der Waals surface area contributed by atoms with Gasteiger partial charge in [-0.1, -0.05) is 153 Å². The van der Waals surface area contributed by atoms with Crippen molar-refractivity contribution < 1.29 is 4.57 Å². The second kappa shape index (κ2) is 21.5. The summed E-state index contributed by atoms with van der Waals surface area (Å²) in [7, 11) is 0. The molecule has 1 heterocycles. The molecule has 0 amide bonds. The Morgan fingerprint density at radius 1 is 0.611 bits per heavy atom. The third-order valence-electron chi connectivity index (χ3n) is 7.95. The molecule has 204 valence electrons. The number of hydrogen-bond acceptors (Lipinski definition) is 0. The van der Waals surface area contributed by atoms with Gasteiger partial charge in [0.15, 0.2) is 0 Å². The highest BCUT2D eigenvalue weighted by Crippen LogP contribution is 2.26. The Kier molecular flexibility index (Phi) is 18.3. The fourth-order valence-electron chi connectivity index (χ4n) is 5.67. The summed E-state index contributed by atoms with van der Waals surface area (Å²) in [5.74, 6) is 2.19. The highest BCUT2D eigenvalue weighted by molar-refractivity contribution is 5.14. The number of benzene rings is 1. The molecule has 2 heteroatoms. The predicted octanol–water partition coefficient (Wildman–Crippen LogP) is 10.5. The smallest absolute Gasteiger partial charge is 0.247 e. The minimum absolute atomic E-state index is 0.696. The minimum atomic E-state index is 0.696. The number of unbranched alkanes of at least 4 members (excludes halogenated alkanes) is 15. The number of hydrogen-bond donors (Lipinski definition) is 1. The summed E-state index contributed by atoms with van der Waals surface area (Å²) < 4.78 is 2.53. The zero-order valence-electron chi connectivity index (χ0n) is 24.1. The van der Waals surface area contributed by atoms with Gasteiger partial charge in [0.05, 0.1) is 12.5 Å². The average Bonchev–Trinajstić information content (AvgIpc) is 3.37. The lowest BCUT2D eigenvalue weighted by Gasteiger charge is -2.14. The summed E-state index contributed by atoms with van der Waals surface area (Å²) in [6, 6.07) is 11.0. The van der Waals surface area contributed by atoms with Crippen molar-refractivity contribution in [1.82, 2.24) is 4.98 Å². The van der Waals surface area contributed by atoms with Crippen molar-refractivity contribution in [2.24, 2.45) is 0 Å². The average molecular weight is 496 g/mol. The molecule has 0 fully saturated rings. The Labute approximate surface area is 224 Å². The lowest BCUT2D eigenvalue weighted by Crippen LogP contribution is -2.37. The van der Waals surface area contributed by atoms with E-state index in [1.54, 1.807) is 0 Å². The van der Waals surface area contributed by atoms with Gasteiger partial charge < -0.3 is 0 Å². The SMILES string of the molecule is CCCCCCCCCCCC[C@H](CCCCCCCCC)c1[nH]cc[n+]1CCCc1ccccc1. The van der Waals surface area contributed by atoms with E-state index in [0.717, 1.165) is 6.54 Å². The maximum absolute atomic E-state index is 3.67. The number of nitrogens with one attached hydrogen (secondary N) is 1. The van der Waals surface area contributed by atoms with Crippen molar-refractivity contribution in [3.05, 3.63) is 54.1 Å². The first-order valence-electron chi connectivity index (χ1n) is 16.0. The highest BCUT2D eigenvalue weighted by Gasteiger charge is 2.22. The number of nitrogens with zero attached hydrogens (tertiary/aromatic N) is 1. The van der Waals surface area contributed by atoms with Crippen molar-refractivity contribution in [3.8, 4) is 0 Å².